The molecule has 1 aliphatic heterocycles. The molecule has 1 aliphatic rings. The van der Waals surface area contributed by atoms with E-state index < -0.39 is 0 Å². The molecule has 4 rings (SSSR count). The minimum Gasteiger partial charge on any atom is -0.493 e. The molecule has 6 heteroatoms. The lowest BCUT2D eigenvalue weighted by atomic mass is 10.1. The first-order valence-electron chi connectivity index (χ1n) is 10.2. The van der Waals surface area contributed by atoms with E-state index in [1.54, 1.807) is 25.3 Å². The second kappa shape index (κ2) is 9.28. The van der Waals surface area contributed by atoms with Crippen LogP contribution in [0, 0.1) is 6.92 Å². The van der Waals surface area contributed by atoms with Gasteiger partial charge in [-0.3, -0.25) is 4.79 Å². The average Bonchev–Trinajstić information content (AvgIpc) is 3.08. The summed E-state index contributed by atoms with van der Waals surface area (Å²) in [5.41, 5.74) is 4.80. The highest BCUT2D eigenvalue weighted by molar-refractivity contribution is 6.33. The molecule has 32 heavy (non-hydrogen) atoms. The number of rotatable bonds is 6. The number of hydrogen-bond acceptors (Lipinski definition) is 4. The van der Waals surface area contributed by atoms with Gasteiger partial charge in [-0.1, -0.05) is 59.6 Å². The topological polar surface area (TPSA) is 51.1 Å². The molecule has 0 aromatic heterocycles. The molecule has 1 heterocycles. The molecular weight excluding hydrogens is 424 g/mol. The van der Waals surface area contributed by atoms with E-state index in [0.29, 0.717) is 34.4 Å². The molecule has 0 N–H and O–H groups in total. The van der Waals surface area contributed by atoms with Crippen molar-refractivity contribution in [3.63, 3.8) is 0 Å². The summed E-state index contributed by atoms with van der Waals surface area (Å²) in [5.74, 6) is 0.769. The van der Waals surface area contributed by atoms with Crippen LogP contribution in [0.2, 0.25) is 5.02 Å². The minimum absolute atomic E-state index is 0.191. The maximum absolute atomic E-state index is 13.0. The monoisotopic (exact) mass is 446 g/mol. The third kappa shape index (κ3) is 4.53. The normalized spacial score (nSPS) is 14.6. The summed E-state index contributed by atoms with van der Waals surface area (Å²) in [6, 6.07) is 21.0. The zero-order valence-electron chi connectivity index (χ0n) is 18.1. The van der Waals surface area contributed by atoms with Crippen molar-refractivity contribution in [1.29, 1.82) is 0 Å². The summed E-state index contributed by atoms with van der Waals surface area (Å²) in [4.78, 5) is 13.0. The van der Waals surface area contributed by atoms with Gasteiger partial charge in [0, 0.05) is 0 Å². The fraction of sp³-hybridized carbons (Fsp3) is 0.154. The fourth-order valence-corrected chi connectivity index (χ4v) is 3.67. The third-order valence-electron chi connectivity index (χ3n) is 5.13. The molecule has 0 fully saturated rings. The van der Waals surface area contributed by atoms with Gasteiger partial charge in [0.15, 0.2) is 11.5 Å². The fourth-order valence-electron chi connectivity index (χ4n) is 3.40. The quantitative estimate of drug-likeness (QED) is 0.433. The zero-order chi connectivity index (χ0) is 22.7. The highest BCUT2D eigenvalue weighted by Crippen LogP contribution is 2.38. The van der Waals surface area contributed by atoms with Crippen molar-refractivity contribution in [2.45, 2.75) is 20.5 Å². The first-order chi connectivity index (χ1) is 15.5. The van der Waals surface area contributed by atoms with Gasteiger partial charge in [0.1, 0.15) is 6.61 Å². The molecule has 5 nitrogen and oxygen atoms in total. The van der Waals surface area contributed by atoms with Crippen LogP contribution in [0.5, 0.6) is 11.5 Å². The predicted molar refractivity (Wildman–Crippen MR) is 129 cm³/mol. The Morgan fingerprint density at radius 2 is 1.75 bits per heavy atom. The molecular formula is C26H23ClN2O3. The smallest absolute Gasteiger partial charge is 0.280 e. The van der Waals surface area contributed by atoms with Crippen LogP contribution in [-0.2, 0) is 11.4 Å². The highest BCUT2D eigenvalue weighted by Gasteiger charge is 2.28. The molecule has 0 spiro atoms. The van der Waals surface area contributed by atoms with Crippen molar-refractivity contribution >= 4 is 35.0 Å². The summed E-state index contributed by atoms with van der Waals surface area (Å²) >= 11 is 6.53. The van der Waals surface area contributed by atoms with E-state index in [2.05, 4.69) is 5.10 Å². The number of aryl methyl sites for hydroxylation is 1. The molecule has 3 aromatic carbocycles. The number of hydrazone groups is 1. The van der Waals surface area contributed by atoms with E-state index in [1.165, 1.54) is 10.6 Å². The molecule has 0 radical (unpaired) electrons. The Labute approximate surface area is 192 Å². The number of ether oxygens (including phenoxy) is 2. The molecule has 3 aromatic rings. The van der Waals surface area contributed by atoms with E-state index in [4.69, 9.17) is 21.1 Å². The molecule has 1 amide bonds. The lowest BCUT2D eigenvalue weighted by molar-refractivity contribution is -0.114. The summed E-state index contributed by atoms with van der Waals surface area (Å²) < 4.78 is 11.5. The zero-order valence-corrected chi connectivity index (χ0v) is 18.9. The van der Waals surface area contributed by atoms with E-state index in [0.717, 1.165) is 16.8 Å². The SMILES string of the molecule is COc1cc(/C=C2/C(=O)N(c3ccccc3)N=C2C)cc(Cl)c1OCc1ccc(C)cc1. The van der Waals surface area contributed by atoms with Gasteiger partial charge in [0.25, 0.3) is 5.91 Å². The number of carbonyl (C=O) groups excluding carboxylic acids is 1. The second-order valence-corrected chi connectivity index (χ2v) is 7.91. The Hall–Kier alpha value is -3.57. The predicted octanol–water partition coefficient (Wildman–Crippen LogP) is 6.04. The lowest BCUT2D eigenvalue weighted by Crippen LogP contribution is -2.21. The molecule has 0 aliphatic carbocycles. The van der Waals surface area contributed by atoms with E-state index in [-0.39, 0.29) is 5.91 Å². The van der Waals surface area contributed by atoms with Crippen molar-refractivity contribution < 1.29 is 14.3 Å². The maximum atomic E-state index is 13.0. The summed E-state index contributed by atoms with van der Waals surface area (Å²) in [5, 5.41) is 6.22. The number of para-hydroxylation sites is 1. The standard InChI is InChI=1S/C26H23ClN2O3/c1-17-9-11-19(12-10-17)16-32-25-23(27)14-20(15-24(25)31-3)13-22-18(2)28-29(26(22)30)21-7-5-4-6-8-21/h4-15H,16H2,1-3H3/b22-13+. The van der Waals surface area contributed by atoms with E-state index >= 15 is 0 Å². The number of methoxy groups -OCH3 is 1. The molecule has 0 unspecified atom stereocenters. The lowest BCUT2D eigenvalue weighted by Gasteiger charge is -2.14. The molecule has 0 bridgehead atoms. The number of anilines is 1. The van der Waals surface area contributed by atoms with Crippen molar-refractivity contribution in [2.24, 2.45) is 5.10 Å². The van der Waals surface area contributed by atoms with Crippen LogP contribution in [-0.4, -0.2) is 18.7 Å². The third-order valence-corrected chi connectivity index (χ3v) is 5.41. The largest absolute Gasteiger partial charge is 0.493 e. The molecule has 162 valence electrons. The Bertz CT molecular complexity index is 1200. The molecule has 0 saturated heterocycles. The van der Waals surface area contributed by atoms with Gasteiger partial charge in [-0.2, -0.15) is 10.1 Å². The number of carbonyl (C=O) groups is 1. The summed E-state index contributed by atoms with van der Waals surface area (Å²) in [6.45, 7) is 4.22. The van der Waals surface area contributed by atoms with E-state index in [9.17, 15) is 4.79 Å². The number of halogens is 1. The van der Waals surface area contributed by atoms with Crippen LogP contribution >= 0.6 is 11.6 Å². The maximum Gasteiger partial charge on any atom is 0.280 e. The van der Waals surface area contributed by atoms with Crippen LogP contribution in [0.3, 0.4) is 0 Å². The van der Waals surface area contributed by atoms with E-state index in [1.807, 2.05) is 68.4 Å². The second-order valence-electron chi connectivity index (χ2n) is 7.50. The van der Waals surface area contributed by atoms with Gasteiger partial charge in [0.05, 0.1) is 29.1 Å². The average molecular weight is 447 g/mol. The Balaban J connectivity index is 1.59. The van der Waals surface area contributed by atoms with Crippen molar-refractivity contribution in [3.8, 4) is 11.5 Å². The number of benzene rings is 3. The van der Waals surface area contributed by atoms with Crippen molar-refractivity contribution in [1.82, 2.24) is 0 Å². The van der Waals surface area contributed by atoms with Crippen LogP contribution in [0.15, 0.2) is 77.4 Å². The van der Waals surface area contributed by atoms with Crippen molar-refractivity contribution in [3.05, 3.63) is 94.0 Å². The number of nitrogens with zero attached hydrogens (tertiary/aromatic N) is 2. The van der Waals surface area contributed by atoms with Gasteiger partial charge in [-0.25, -0.2) is 0 Å². The van der Waals surface area contributed by atoms with Crippen LogP contribution < -0.4 is 14.5 Å². The number of amides is 1. The van der Waals surface area contributed by atoms with Crippen LogP contribution in [0.4, 0.5) is 5.69 Å². The highest BCUT2D eigenvalue weighted by atomic mass is 35.5. The van der Waals surface area contributed by atoms with Crippen LogP contribution in [0.25, 0.3) is 6.08 Å². The molecule has 0 atom stereocenters. The van der Waals surface area contributed by atoms with Gasteiger partial charge < -0.3 is 9.47 Å². The summed E-state index contributed by atoms with van der Waals surface area (Å²) in [6.07, 6.45) is 1.77. The van der Waals surface area contributed by atoms with Crippen molar-refractivity contribution in [2.75, 3.05) is 12.1 Å². The minimum atomic E-state index is -0.191. The van der Waals surface area contributed by atoms with Gasteiger partial charge in [-0.15, -0.1) is 0 Å². The van der Waals surface area contributed by atoms with Crippen LogP contribution in [0.1, 0.15) is 23.6 Å². The number of hydrogen-bond donors (Lipinski definition) is 0. The Morgan fingerprint density at radius 1 is 1.03 bits per heavy atom. The Kier molecular flexibility index (Phi) is 6.28. The molecule has 0 saturated carbocycles. The Morgan fingerprint density at radius 3 is 2.44 bits per heavy atom. The summed E-state index contributed by atoms with van der Waals surface area (Å²) in [7, 11) is 1.56. The van der Waals surface area contributed by atoms with Gasteiger partial charge in [-0.05, 0) is 55.3 Å². The van der Waals surface area contributed by atoms with Gasteiger partial charge in [0.2, 0.25) is 0 Å². The first kappa shape index (κ1) is 21.7. The van der Waals surface area contributed by atoms with Gasteiger partial charge >= 0.3 is 0 Å². The first-order valence-corrected chi connectivity index (χ1v) is 10.6.